The largest absolute Gasteiger partial charge is 0.396 e. The second kappa shape index (κ2) is 6.22. The van der Waals surface area contributed by atoms with Crippen LogP contribution in [0.15, 0.2) is 18.2 Å². The Morgan fingerprint density at radius 3 is 2.52 bits per heavy atom. The minimum Gasteiger partial charge on any atom is -0.396 e. The van der Waals surface area contributed by atoms with Crippen LogP contribution in [0.1, 0.15) is 31.7 Å². The normalized spacial score (nSPS) is 11.7. The Kier molecular flexibility index (Phi) is 4.57. The van der Waals surface area contributed by atoms with Crippen LogP contribution >= 0.6 is 0 Å². The van der Waals surface area contributed by atoms with Crippen molar-refractivity contribution in [3.05, 3.63) is 29.6 Å². The lowest BCUT2D eigenvalue weighted by molar-refractivity contribution is 0.220. The molecule has 0 saturated heterocycles. The number of nitrogens with one attached hydrogen (secondary N) is 1. The fourth-order valence-electron chi connectivity index (χ4n) is 2.11. The number of anilines is 1. The maximum atomic E-state index is 9.02. The highest BCUT2D eigenvalue weighted by atomic mass is 16.3. The molecule has 0 aromatic carbocycles. The van der Waals surface area contributed by atoms with E-state index in [1.54, 1.807) is 4.68 Å². The van der Waals surface area contributed by atoms with Gasteiger partial charge in [-0.15, -0.1) is 10.2 Å². The number of rotatable bonds is 6. The molecule has 0 unspecified atom stereocenters. The summed E-state index contributed by atoms with van der Waals surface area (Å²) in [6.07, 6.45) is 0.747. The number of aliphatic hydroxyl groups is 1. The molecule has 21 heavy (non-hydrogen) atoms. The lowest BCUT2D eigenvalue weighted by atomic mass is 9.90. The van der Waals surface area contributed by atoms with Crippen LogP contribution < -0.4 is 5.32 Å². The van der Waals surface area contributed by atoms with Gasteiger partial charge in [0.25, 0.3) is 0 Å². The molecule has 2 rings (SSSR count). The van der Waals surface area contributed by atoms with Gasteiger partial charge in [-0.3, -0.25) is 0 Å². The Morgan fingerprint density at radius 1 is 1.24 bits per heavy atom. The van der Waals surface area contributed by atoms with E-state index in [4.69, 9.17) is 5.11 Å². The van der Waals surface area contributed by atoms with Crippen molar-refractivity contribution in [1.82, 2.24) is 20.0 Å². The lowest BCUT2D eigenvalue weighted by Gasteiger charge is -2.23. The van der Waals surface area contributed by atoms with Crippen molar-refractivity contribution in [2.75, 3.05) is 18.5 Å². The van der Waals surface area contributed by atoms with Crippen molar-refractivity contribution < 1.29 is 5.11 Å². The van der Waals surface area contributed by atoms with Crippen molar-refractivity contribution in [2.24, 2.45) is 5.41 Å². The number of hydrogen-bond acceptors (Lipinski definition) is 5. The summed E-state index contributed by atoms with van der Waals surface area (Å²) in [5, 5.41) is 25.1. The molecule has 2 aromatic rings. The molecule has 0 amide bonds. The summed E-state index contributed by atoms with van der Waals surface area (Å²) in [5.74, 6) is 1.44. The van der Waals surface area contributed by atoms with Crippen LogP contribution in [0.4, 0.5) is 5.82 Å². The SMILES string of the molecule is Cc1cc(C)n(-c2ccc(NCC(C)(C)CCO)nn2)n1. The van der Waals surface area contributed by atoms with E-state index in [1.165, 1.54) is 0 Å². The lowest BCUT2D eigenvalue weighted by Crippen LogP contribution is -2.24. The van der Waals surface area contributed by atoms with Crippen molar-refractivity contribution in [1.29, 1.82) is 0 Å². The van der Waals surface area contributed by atoms with Gasteiger partial charge < -0.3 is 10.4 Å². The summed E-state index contributed by atoms with van der Waals surface area (Å²) in [6.45, 7) is 9.09. The zero-order valence-corrected chi connectivity index (χ0v) is 13.1. The zero-order valence-electron chi connectivity index (χ0n) is 13.1. The van der Waals surface area contributed by atoms with Gasteiger partial charge >= 0.3 is 0 Å². The third-order valence-corrected chi connectivity index (χ3v) is 3.41. The van der Waals surface area contributed by atoms with Crippen LogP contribution in [-0.2, 0) is 0 Å². The number of nitrogens with zero attached hydrogens (tertiary/aromatic N) is 4. The highest BCUT2D eigenvalue weighted by Crippen LogP contribution is 2.20. The molecule has 0 fully saturated rings. The molecule has 6 heteroatoms. The topological polar surface area (TPSA) is 75.9 Å². The predicted molar refractivity (Wildman–Crippen MR) is 82.6 cm³/mol. The summed E-state index contributed by atoms with van der Waals surface area (Å²) in [6, 6.07) is 5.80. The second-order valence-electron chi connectivity index (χ2n) is 6.11. The smallest absolute Gasteiger partial charge is 0.176 e. The Hall–Kier alpha value is -1.95. The number of aromatic nitrogens is 4. The van der Waals surface area contributed by atoms with Crippen molar-refractivity contribution >= 4 is 5.82 Å². The van der Waals surface area contributed by atoms with E-state index >= 15 is 0 Å². The molecular weight excluding hydrogens is 266 g/mol. The average Bonchev–Trinajstić information content (AvgIpc) is 2.76. The molecule has 0 spiro atoms. The van der Waals surface area contributed by atoms with Crippen LogP contribution in [0.2, 0.25) is 0 Å². The fourth-order valence-corrected chi connectivity index (χ4v) is 2.11. The third kappa shape index (κ3) is 4.01. The number of aliphatic hydroxyl groups excluding tert-OH is 1. The monoisotopic (exact) mass is 289 g/mol. The van der Waals surface area contributed by atoms with Gasteiger partial charge in [-0.25, -0.2) is 4.68 Å². The van der Waals surface area contributed by atoms with Gasteiger partial charge in [-0.1, -0.05) is 13.8 Å². The highest BCUT2D eigenvalue weighted by molar-refractivity contribution is 5.37. The second-order valence-corrected chi connectivity index (χ2v) is 6.11. The molecule has 2 heterocycles. The first-order valence-electron chi connectivity index (χ1n) is 7.13. The first kappa shape index (κ1) is 15.4. The summed E-state index contributed by atoms with van der Waals surface area (Å²) >= 11 is 0. The molecule has 2 aromatic heterocycles. The molecule has 0 aliphatic rings. The van der Waals surface area contributed by atoms with Gasteiger partial charge in [-0.2, -0.15) is 5.10 Å². The fraction of sp³-hybridized carbons (Fsp3) is 0.533. The van der Waals surface area contributed by atoms with E-state index in [2.05, 4.69) is 34.5 Å². The van der Waals surface area contributed by atoms with Gasteiger partial charge in [0.15, 0.2) is 5.82 Å². The third-order valence-electron chi connectivity index (χ3n) is 3.41. The first-order valence-corrected chi connectivity index (χ1v) is 7.13. The van der Waals surface area contributed by atoms with Gasteiger partial charge in [-0.05, 0) is 43.9 Å². The van der Waals surface area contributed by atoms with Crippen LogP contribution in [-0.4, -0.2) is 38.2 Å². The maximum Gasteiger partial charge on any atom is 0.176 e. The minimum absolute atomic E-state index is 0.0186. The van der Waals surface area contributed by atoms with Crippen molar-refractivity contribution in [3.63, 3.8) is 0 Å². The molecule has 0 saturated carbocycles. The summed E-state index contributed by atoms with van der Waals surface area (Å²) < 4.78 is 1.78. The van der Waals surface area contributed by atoms with Gasteiger partial charge in [0, 0.05) is 18.8 Å². The Balaban J connectivity index is 2.04. The molecule has 2 N–H and O–H groups in total. The van der Waals surface area contributed by atoms with Crippen LogP contribution in [0.25, 0.3) is 5.82 Å². The van der Waals surface area contributed by atoms with Gasteiger partial charge in [0.2, 0.25) is 0 Å². The molecule has 0 bridgehead atoms. The predicted octanol–water partition coefficient (Wildman–Crippen LogP) is 2.10. The molecule has 0 aliphatic heterocycles. The van der Waals surface area contributed by atoms with E-state index in [-0.39, 0.29) is 12.0 Å². The number of hydrogen-bond donors (Lipinski definition) is 2. The quantitative estimate of drug-likeness (QED) is 0.851. The molecule has 0 aliphatic carbocycles. The van der Waals surface area contributed by atoms with Crippen LogP contribution in [0, 0.1) is 19.3 Å². The first-order chi connectivity index (χ1) is 9.91. The summed E-state index contributed by atoms with van der Waals surface area (Å²) in [5.41, 5.74) is 2.01. The van der Waals surface area contributed by atoms with E-state index in [0.29, 0.717) is 5.82 Å². The highest BCUT2D eigenvalue weighted by Gasteiger charge is 2.17. The van der Waals surface area contributed by atoms with E-state index in [9.17, 15) is 0 Å². The maximum absolute atomic E-state index is 9.02. The average molecular weight is 289 g/mol. The Bertz CT molecular complexity index is 589. The Labute approximate surface area is 125 Å². The molecular formula is C15H23N5O. The van der Waals surface area contributed by atoms with Crippen LogP contribution in [0.3, 0.4) is 0 Å². The molecule has 0 radical (unpaired) electrons. The number of aryl methyl sites for hydroxylation is 2. The molecule has 0 atom stereocenters. The standard InChI is InChI=1S/C15H23N5O/c1-11-9-12(2)20(19-11)14-6-5-13(17-18-14)16-10-15(3,4)7-8-21/h5-6,9,21H,7-8,10H2,1-4H3,(H,16,17). The van der Waals surface area contributed by atoms with Crippen molar-refractivity contribution in [2.45, 2.75) is 34.1 Å². The summed E-state index contributed by atoms with van der Waals surface area (Å²) in [4.78, 5) is 0. The van der Waals surface area contributed by atoms with Crippen molar-refractivity contribution in [3.8, 4) is 5.82 Å². The van der Waals surface area contributed by atoms with Gasteiger partial charge in [0.05, 0.1) is 5.69 Å². The zero-order chi connectivity index (χ0) is 15.5. The minimum atomic E-state index is 0.0186. The Morgan fingerprint density at radius 2 is 2.00 bits per heavy atom. The van der Waals surface area contributed by atoms with E-state index in [0.717, 1.165) is 30.2 Å². The van der Waals surface area contributed by atoms with Crippen LogP contribution in [0.5, 0.6) is 0 Å². The van der Waals surface area contributed by atoms with Gasteiger partial charge in [0.1, 0.15) is 5.82 Å². The molecule has 114 valence electrons. The van der Waals surface area contributed by atoms with E-state index < -0.39 is 0 Å². The van der Waals surface area contributed by atoms with E-state index in [1.807, 2.05) is 32.0 Å². The summed E-state index contributed by atoms with van der Waals surface area (Å²) in [7, 11) is 0. The molecule has 6 nitrogen and oxygen atoms in total.